The molecular weight excluding hydrogens is 344 g/mol. The first-order valence-electron chi connectivity index (χ1n) is 8.74. The van der Waals surface area contributed by atoms with Crippen molar-refractivity contribution < 1.29 is 9.21 Å². The van der Waals surface area contributed by atoms with Crippen LogP contribution in [-0.4, -0.2) is 32.6 Å². The van der Waals surface area contributed by atoms with Crippen LogP contribution in [0.5, 0.6) is 0 Å². The summed E-state index contributed by atoms with van der Waals surface area (Å²) in [5.74, 6) is 0.411. The molecule has 140 valence electrons. The van der Waals surface area contributed by atoms with Crippen LogP contribution in [0.3, 0.4) is 0 Å². The van der Waals surface area contributed by atoms with Gasteiger partial charge in [0, 0.05) is 26.7 Å². The second-order valence-corrected chi connectivity index (χ2v) is 6.48. The number of aromatic nitrogens is 3. The molecule has 0 saturated carbocycles. The molecule has 2 aromatic heterocycles. The molecule has 7 nitrogen and oxygen atoms in total. The monoisotopic (exact) mass is 366 g/mol. The number of hydrogen-bond acceptors (Lipinski definition) is 5. The zero-order chi connectivity index (χ0) is 19.4. The number of carbonyl (C=O) groups excluding carboxylic acids is 1. The second-order valence-electron chi connectivity index (χ2n) is 6.48. The van der Waals surface area contributed by atoms with E-state index >= 15 is 0 Å². The maximum Gasteiger partial charge on any atom is 0.263 e. The van der Waals surface area contributed by atoms with E-state index < -0.39 is 0 Å². The van der Waals surface area contributed by atoms with Gasteiger partial charge in [0.05, 0.1) is 6.54 Å². The molecule has 0 aliphatic heterocycles. The summed E-state index contributed by atoms with van der Waals surface area (Å²) in [6.07, 6.45) is 2.45. The van der Waals surface area contributed by atoms with Gasteiger partial charge in [-0.15, -0.1) is 10.2 Å². The highest BCUT2D eigenvalue weighted by Gasteiger charge is 2.21. The lowest BCUT2D eigenvalue weighted by Gasteiger charge is -2.17. The lowest BCUT2D eigenvalue weighted by Crippen LogP contribution is -2.35. The molecule has 0 bridgehead atoms. The Balaban J connectivity index is 1.79. The molecule has 7 heteroatoms. The highest BCUT2D eigenvalue weighted by molar-refractivity contribution is 5.95. The van der Waals surface area contributed by atoms with Crippen molar-refractivity contribution in [3.05, 3.63) is 81.4 Å². The molecule has 0 N–H and O–H groups in total. The molecule has 0 aliphatic rings. The van der Waals surface area contributed by atoms with Crippen molar-refractivity contribution in [2.24, 2.45) is 0 Å². The van der Waals surface area contributed by atoms with E-state index in [1.165, 1.54) is 4.90 Å². The third kappa shape index (κ3) is 4.31. The molecule has 1 amide bonds. The maximum absolute atomic E-state index is 12.9. The Hall–Kier alpha value is -3.22. The number of rotatable bonds is 6. The van der Waals surface area contributed by atoms with Crippen LogP contribution >= 0.6 is 0 Å². The number of nitrogens with zero attached hydrogens (tertiary/aromatic N) is 4. The highest BCUT2D eigenvalue weighted by atomic mass is 16.4. The van der Waals surface area contributed by atoms with Gasteiger partial charge in [0.1, 0.15) is 5.56 Å². The van der Waals surface area contributed by atoms with Crippen LogP contribution < -0.4 is 5.56 Å². The standard InChI is InChI=1S/C20H22N4O3/c1-14-9-11-24(12-10-16-7-5-4-6-8-16)20(26)18(14)19(25)23(3)13-17-22-21-15(2)27-17/h4-9,11H,10,12-13H2,1-3H3. The fourth-order valence-corrected chi connectivity index (χ4v) is 2.86. The zero-order valence-corrected chi connectivity index (χ0v) is 15.7. The summed E-state index contributed by atoms with van der Waals surface area (Å²) < 4.78 is 6.89. The molecule has 0 spiro atoms. The molecule has 1 aromatic carbocycles. The number of benzene rings is 1. The fourth-order valence-electron chi connectivity index (χ4n) is 2.86. The fraction of sp³-hybridized carbons (Fsp3) is 0.300. The third-order valence-corrected chi connectivity index (χ3v) is 4.36. The van der Waals surface area contributed by atoms with Crippen LogP contribution in [0.25, 0.3) is 0 Å². The summed E-state index contributed by atoms with van der Waals surface area (Å²) in [5, 5.41) is 7.65. The maximum atomic E-state index is 12.9. The van der Waals surface area contributed by atoms with Crippen molar-refractivity contribution in [3.63, 3.8) is 0 Å². The Kier molecular flexibility index (Phi) is 5.49. The van der Waals surface area contributed by atoms with Crippen LogP contribution in [0.1, 0.15) is 33.3 Å². The summed E-state index contributed by atoms with van der Waals surface area (Å²) >= 11 is 0. The van der Waals surface area contributed by atoms with Gasteiger partial charge in [-0.25, -0.2) is 0 Å². The predicted molar refractivity (Wildman–Crippen MR) is 100 cm³/mol. The van der Waals surface area contributed by atoms with E-state index in [4.69, 9.17) is 4.42 Å². The van der Waals surface area contributed by atoms with Gasteiger partial charge < -0.3 is 13.9 Å². The van der Waals surface area contributed by atoms with Gasteiger partial charge in [-0.2, -0.15) is 0 Å². The van der Waals surface area contributed by atoms with Gasteiger partial charge in [-0.05, 0) is 30.5 Å². The molecule has 27 heavy (non-hydrogen) atoms. The van der Waals surface area contributed by atoms with Gasteiger partial charge in [-0.1, -0.05) is 30.3 Å². The average Bonchev–Trinajstić information content (AvgIpc) is 3.06. The van der Waals surface area contributed by atoms with Gasteiger partial charge in [0.2, 0.25) is 11.8 Å². The first kappa shape index (κ1) is 18.6. The lowest BCUT2D eigenvalue weighted by atomic mass is 10.1. The topological polar surface area (TPSA) is 81.2 Å². The number of pyridine rings is 1. The summed E-state index contributed by atoms with van der Waals surface area (Å²) in [4.78, 5) is 27.1. The summed E-state index contributed by atoms with van der Waals surface area (Å²) in [5.41, 5.74) is 1.67. The minimum atomic E-state index is -0.359. The van der Waals surface area contributed by atoms with E-state index in [0.29, 0.717) is 30.3 Å². The molecule has 3 rings (SSSR count). The van der Waals surface area contributed by atoms with Crippen LogP contribution in [0, 0.1) is 13.8 Å². The van der Waals surface area contributed by atoms with Crippen molar-refractivity contribution >= 4 is 5.91 Å². The molecule has 0 saturated heterocycles. The predicted octanol–water partition coefficient (Wildman–Crippen LogP) is 2.36. The van der Waals surface area contributed by atoms with E-state index in [1.807, 2.05) is 30.3 Å². The summed E-state index contributed by atoms with van der Waals surface area (Å²) in [7, 11) is 1.61. The van der Waals surface area contributed by atoms with Crippen LogP contribution in [0.15, 0.2) is 51.8 Å². The third-order valence-electron chi connectivity index (χ3n) is 4.36. The number of aryl methyl sites for hydroxylation is 4. The molecule has 0 unspecified atom stereocenters. The Morgan fingerprint density at radius 2 is 1.89 bits per heavy atom. The van der Waals surface area contributed by atoms with Gasteiger partial charge >= 0.3 is 0 Å². The minimum absolute atomic E-state index is 0.150. The van der Waals surface area contributed by atoms with Crippen molar-refractivity contribution in [1.29, 1.82) is 0 Å². The second kappa shape index (κ2) is 7.99. The van der Waals surface area contributed by atoms with Crippen molar-refractivity contribution in [3.8, 4) is 0 Å². The lowest BCUT2D eigenvalue weighted by molar-refractivity contribution is 0.0769. The van der Waals surface area contributed by atoms with Crippen LogP contribution in [-0.2, 0) is 19.5 Å². The van der Waals surface area contributed by atoms with Gasteiger partial charge in [0.15, 0.2) is 0 Å². The first-order valence-corrected chi connectivity index (χ1v) is 8.74. The molecule has 0 aliphatic carbocycles. The van der Waals surface area contributed by atoms with Crippen LogP contribution in [0.2, 0.25) is 0 Å². The molecule has 3 aromatic rings. The Morgan fingerprint density at radius 3 is 2.56 bits per heavy atom. The number of carbonyl (C=O) groups is 1. The molecule has 0 fully saturated rings. The Labute approximate surface area is 157 Å². The molecular formula is C20H22N4O3. The summed E-state index contributed by atoms with van der Waals surface area (Å²) in [6.45, 7) is 4.11. The van der Waals surface area contributed by atoms with Crippen molar-refractivity contribution in [1.82, 2.24) is 19.7 Å². The Bertz CT molecular complexity index is 992. The van der Waals surface area contributed by atoms with Gasteiger partial charge in [-0.3, -0.25) is 9.59 Å². The van der Waals surface area contributed by atoms with Crippen molar-refractivity contribution in [2.75, 3.05) is 7.05 Å². The van der Waals surface area contributed by atoms with E-state index in [1.54, 1.807) is 37.7 Å². The highest BCUT2D eigenvalue weighted by Crippen LogP contribution is 2.09. The first-order chi connectivity index (χ1) is 13.0. The molecule has 2 heterocycles. The average molecular weight is 366 g/mol. The number of hydrogen-bond donors (Lipinski definition) is 0. The summed E-state index contributed by atoms with van der Waals surface area (Å²) in [6, 6.07) is 11.7. The SMILES string of the molecule is Cc1nnc(CN(C)C(=O)c2c(C)ccn(CCc3ccccc3)c2=O)o1. The minimum Gasteiger partial charge on any atom is -0.424 e. The van der Waals surface area contributed by atoms with E-state index in [2.05, 4.69) is 10.2 Å². The smallest absolute Gasteiger partial charge is 0.263 e. The zero-order valence-electron chi connectivity index (χ0n) is 15.7. The molecule has 0 atom stereocenters. The van der Waals surface area contributed by atoms with Crippen LogP contribution in [0.4, 0.5) is 0 Å². The largest absolute Gasteiger partial charge is 0.424 e. The number of amides is 1. The quantitative estimate of drug-likeness (QED) is 0.669. The Morgan fingerprint density at radius 1 is 1.15 bits per heavy atom. The van der Waals surface area contributed by atoms with Crippen molar-refractivity contribution in [2.45, 2.75) is 33.4 Å². The van der Waals surface area contributed by atoms with E-state index in [0.717, 1.165) is 5.56 Å². The van der Waals surface area contributed by atoms with Gasteiger partial charge in [0.25, 0.3) is 11.5 Å². The van der Waals surface area contributed by atoms with E-state index in [-0.39, 0.29) is 23.6 Å². The normalized spacial score (nSPS) is 10.8. The van der Waals surface area contributed by atoms with E-state index in [9.17, 15) is 9.59 Å². The molecule has 0 radical (unpaired) electrons.